The van der Waals surface area contributed by atoms with E-state index in [-0.39, 0.29) is 34.8 Å². The standard InChI is InChI=1S/C25H30FNO4S/c26-12-3-15-32(30,31)22-8-6-18(7-9-22)25(29)19-10-13-27(14-11-19)23-16-20-4-1-2-5-21(20)17-24(23)28/h1-2,4-9,19,23-24,28H,3,10-17H2/t23-,24-/m1/s1. The third-order valence-electron chi connectivity index (χ3n) is 6.83. The molecule has 2 aliphatic rings. The molecule has 2 atom stereocenters. The van der Waals surface area contributed by atoms with Crippen molar-refractivity contribution < 1.29 is 22.7 Å². The normalized spacial score (nSPS) is 22.4. The van der Waals surface area contributed by atoms with Crippen molar-refractivity contribution in [1.82, 2.24) is 4.90 Å². The molecule has 1 aliphatic heterocycles. The molecule has 5 nitrogen and oxygen atoms in total. The minimum atomic E-state index is -3.52. The zero-order chi connectivity index (χ0) is 22.7. The van der Waals surface area contributed by atoms with Crippen molar-refractivity contribution in [2.75, 3.05) is 25.5 Å². The highest BCUT2D eigenvalue weighted by atomic mass is 32.2. The topological polar surface area (TPSA) is 74.7 Å². The first-order chi connectivity index (χ1) is 15.4. The van der Waals surface area contributed by atoms with E-state index >= 15 is 0 Å². The van der Waals surface area contributed by atoms with E-state index in [1.807, 2.05) is 12.1 Å². The molecule has 1 N–H and O–H groups in total. The van der Waals surface area contributed by atoms with E-state index in [2.05, 4.69) is 17.0 Å². The van der Waals surface area contributed by atoms with E-state index in [1.165, 1.54) is 23.3 Å². The molecule has 0 bridgehead atoms. The molecule has 1 saturated heterocycles. The number of Topliss-reactive ketones (excluding diaryl/α,β-unsaturated/α-hetero) is 1. The van der Waals surface area contributed by atoms with E-state index < -0.39 is 22.6 Å². The molecule has 0 spiro atoms. The molecule has 7 heteroatoms. The smallest absolute Gasteiger partial charge is 0.178 e. The fourth-order valence-corrected chi connectivity index (χ4v) is 6.24. The van der Waals surface area contributed by atoms with Gasteiger partial charge in [-0.25, -0.2) is 8.42 Å². The summed E-state index contributed by atoms with van der Waals surface area (Å²) in [6.07, 6.45) is 2.52. The number of benzene rings is 2. The van der Waals surface area contributed by atoms with Crippen molar-refractivity contribution >= 4 is 15.6 Å². The number of aliphatic hydroxyl groups excluding tert-OH is 1. The van der Waals surface area contributed by atoms with Crippen molar-refractivity contribution in [3.05, 3.63) is 65.2 Å². The van der Waals surface area contributed by atoms with Crippen molar-refractivity contribution in [3.8, 4) is 0 Å². The van der Waals surface area contributed by atoms with Crippen molar-refractivity contribution in [3.63, 3.8) is 0 Å². The van der Waals surface area contributed by atoms with Gasteiger partial charge in [-0.05, 0) is 62.0 Å². The van der Waals surface area contributed by atoms with Gasteiger partial charge in [-0.1, -0.05) is 36.4 Å². The van der Waals surface area contributed by atoms with Crippen LogP contribution in [0.15, 0.2) is 53.4 Å². The van der Waals surface area contributed by atoms with Gasteiger partial charge < -0.3 is 5.11 Å². The van der Waals surface area contributed by atoms with E-state index in [0.717, 1.165) is 32.4 Å². The maximum Gasteiger partial charge on any atom is 0.178 e. The second kappa shape index (κ2) is 9.81. The van der Waals surface area contributed by atoms with Crippen molar-refractivity contribution in [2.24, 2.45) is 5.92 Å². The first kappa shape index (κ1) is 23.1. The molecule has 2 aromatic carbocycles. The fourth-order valence-electron chi connectivity index (χ4n) is 4.97. The molecule has 1 aliphatic carbocycles. The first-order valence-electron chi connectivity index (χ1n) is 11.3. The number of carbonyl (C=O) groups is 1. The predicted octanol–water partition coefficient (Wildman–Crippen LogP) is 3.24. The van der Waals surface area contributed by atoms with Gasteiger partial charge in [-0.15, -0.1) is 0 Å². The van der Waals surface area contributed by atoms with Gasteiger partial charge >= 0.3 is 0 Å². The minimum absolute atomic E-state index is 0.0249. The predicted molar refractivity (Wildman–Crippen MR) is 121 cm³/mol. The number of carbonyl (C=O) groups excluding carboxylic acids is 1. The lowest BCUT2D eigenvalue weighted by Crippen LogP contribution is -2.51. The molecule has 0 saturated carbocycles. The lowest BCUT2D eigenvalue weighted by molar-refractivity contribution is 0.0239. The number of hydrogen-bond acceptors (Lipinski definition) is 5. The summed E-state index contributed by atoms with van der Waals surface area (Å²) in [5, 5.41) is 10.7. The quantitative estimate of drug-likeness (QED) is 0.644. The Morgan fingerprint density at radius 1 is 1.00 bits per heavy atom. The van der Waals surface area contributed by atoms with Gasteiger partial charge in [0.2, 0.25) is 0 Å². The number of sulfone groups is 1. The van der Waals surface area contributed by atoms with E-state index in [1.54, 1.807) is 12.1 Å². The largest absolute Gasteiger partial charge is 0.391 e. The minimum Gasteiger partial charge on any atom is -0.391 e. The van der Waals surface area contributed by atoms with Gasteiger partial charge in [0, 0.05) is 23.9 Å². The molecular formula is C25H30FNO4S. The highest BCUT2D eigenvalue weighted by Crippen LogP contribution is 2.29. The second-order valence-electron chi connectivity index (χ2n) is 8.87. The SMILES string of the molecule is O=C(c1ccc(S(=O)(=O)CCCF)cc1)C1CCN([C@@H]2Cc3ccccc3C[C@H]2O)CC1. The van der Waals surface area contributed by atoms with E-state index in [9.17, 15) is 22.7 Å². The molecule has 0 unspecified atom stereocenters. The van der Waals surface area contributed by atoms with Crippen LogP contribution in [-0.4, -0.2) is 61.9 Å². The Balaban J connectivity index is 1.36. The van der Waals surface area contributed by atoms with Gasteiger partial charge in [0.25, 0.3) is 0 Å². The highest BCUT2D eigenvalue weighted by molar-refractivity contribution is 7.91. The average molecular weight is 460 g/mol. The zero-order valence-corrected chi connectivity index (χ0v) is 18.9. The number of halogens is 1. The third-order valence-corrected chi connectivity index (χ3v) is 8.65. The third kappa shape index (κ3) is 4.95. The number of likely N-dealkylation sites (tertiary alicyclic amines) is 1. The van der Waals surface area contributed by atoms with Crippen LogP contribution >= 0.6 is 0 Å². The van der Waals surface area contributed by atoms with Crippen LogP contribution in [0.5, 0.6) is 0 Å². The first-order valence-corrected chi connectivity index (χ1v) is 13.0. The monoisotopic (exact) mass is 459 g/mol. The number of fused-ring (bicyclic) bond motifs is 1. The van der Waals surface area contributed by atoms with Crippen LogP contribution in [0, 0.1) is 5.92 Å². The summed E-state index contributed by atoms with van der Waals surface area (Å²) in [6, 6.07) is 14.4. The molecule has 172 valence electrons. The molecule has 0 amide bonds. The molecule has 1 heterocycles. The summed E-state index contributed by atoms with van der Waals surface area (Å²) < 4.78 is 36.7. The van der Waals surface area contributed by atoms with Crippen LogP contribution in [0.25, 0.3) is 0 Å². The maximum absolute atomic E-state index is 13.0. The number of rotatable bonds is 7. The number of ketones is 1. The number of hydrogen-bond donors (Lipinski definition) is 1. The summed E-state index contributed by atoms with van der Waals surface area (Å²) in [5.74, 6) is -0.299. The number of aliphatic hydroxyl groups is 1. The van der Waals surface area contributed by atoms with E-state index in [0.29, 0.717) is 12.0 Å². The number of alkyl halides is 1. The Labute approximate surface area is 189 Å². The second-order valence-corrected chi connectivity index (χ2v) is 11.0. The summed E-state index contributed by atoms with van der Waals surface area (Å²) in [7, 11) is -3.52. The van der Waals surface area contributed by atoms with Crippen LogP contribution in [0.2, 0.25) is 0 Å². The molecule has 32 heavy (non-hydrogen) atoms. The van der Waals surface area contributed by atoms with Crippen LogP contribution in [0.3, 0.4) is 0 Å². The molecular weight excluding hydrogens is 429 g/mol. The number of nitrogens with zero attached hydrogens (tertiary/aromatic N) is 1. The Morgan fingerprint density at radius 2 is 1.62 bits per heavy atom. The van der Waals surface area contributed by atoms with Crippen LogP contribution in [-0.2, 0) is 22.7 Å². The molecule has 4 rings (SSSR count). The van der Waals surface area contributed by atoms with Crippen molar-refractivity contribution in [1.29, 1.82) is 0 Å². The van der Waals surface area contributed by atoms with Gasteiger partial charge in [0.05, 0.1) is 23.4 Å². The van der Waals surface area contributed by atoms with Crippen LogP contribution in [0.4, 0.5) is 4.39 Å². The lowest BCUT2D eigenvalue weighted by atomic mass is 9.83. The molecule has 1 fully saturated rings. The zero-order valence-electron chi connectivity index (χ0n) is 18.1. The van der Waals surface area contributed by atoms with E-state index in [4.69, 9.17) is 0 Å². The Bertz CT molecular complexity index is 1050. The Hall–Kier alpha value is -2.09. The van der Waals surface area contributed by atoms with Crippen LogP contribution in [0.1, 0.15) is 40.7 Å². The number of piperidine rings is 1. The molecule has 0 aromatic heterocycles. The lowest BCUT2D eigenvalue weighted by Gasteiger charge is -2.41. The van der Waals surface area contributed by atoms with Crippen LogP contribution < -0.4 is 0 Å². The van der Waals surface area contributed by atoms with Gasteiger partial charge in [-0.3, -0.25) is 14.1 Å². The Morgan fingerprint density at radius 3 is 2.25 bits per heavy atom. The van der Waals surface area contributed by atoms with Gasteiger partial charge in [-0.2, -0.15) is 0 Å². The summed E-state index contributed by atoms with van der Waals surface area (Å²) in [4.78, 5) is 15.4. The average Bonchev–Trinajstić information content (AvgIpc) is 2.82. The van der Waals surface area contributed by atoms with Crippen molar-refractivity contribution in [2.45, 2.75) is 49.1 Å². The fraction of sp³-hybridized carbons (Fsp3) is 0.480. The summed E-state index contributed by atoms with van der Waals surface area (Å²) in [5.41, 5.74) is 3.03. The van der Waals surface area contributed by atoms with Gasteiger partial charge in [0.1, 0.15) is 0 Å². The maximum atomic E-state index is 13.0. The van der Waals surface area contributed by atoms with Gasteiger partial charge in [0.15, 0.2) is 15.6 Å². The summed E-state index contributed by atoms with van der Waals surface area (Å²) >= 11 is 0. The Kier molecular flexibility index (Phi) is 7.08. The highest BCUT2D eigenvalue weighted by Gasteiger charge is 2.35. The molecule has 2 aromatic rings. The summed E-state index contributed by atoms with van der Waals surface area (Å²) in [6.45, 7) is 0.852. The molecule has 0 radical (unpaired) electrons.